The molecule has 3 unspecified atom stereocenters. The number of carbonyl (C=O) groups excluding carboxylic acids is 1. The summed E-state index contributed by atoms with van der Waals surface area (Å²) in [6, 6.07) is 18.0. The van der Waals surface area contributed by atoms with Crippen LogP contribution in [0.3, 0.4) is 0 Å². The molecule has 4 N–H and O–H groups in total. The number of aliphatic hydroxyl groups excluding tert-OH is 2. The molecule has 0 radical (unpaired) electrons. The fourth-order valence-corrected chi connectivity index (χ4v) is 2.33. The Bertz CT molecular complexity index is 592. The first kappa shape index (κ1) is 19.3. The van der Waals surface area contributed by atoms with Gasteiger partial charge >= 0.3 is 0 Å². The average molecular weight is 336 g/mol. The second-order valence-electron chi connectivity index (χ2n) is 5.43. The van der Waals surface area contributed by atoms with Gasteiger partial charge in [0.05, 0.1) is 0 Å². The standard InChI is InChI=1S/C18H21NO3.ClH/c1-13(17(21)14-8-4-2-5-9-14)19-12-16(20)18(22)15-10-6-3-7-11-15;/h2-11,13,16-17,19-21H,12H2,1H3;1H. The highest BCUT2D eigenvalue weighted by Crippen LogP contribution is 2.13. The normalized spacial score (nSPS) is 14.4. The van der Waals surface area contributed by atoms with E-state index in [1.165, 1.54) is 0 Å². The van der Waals surface area contributed by atoms with Crippen molar-refractivity contribution in [3.05, 3.63) is 71.8 Å². The molecule has 0 fully saturated rings. The highest BCUT2D eigenvalue weighted by Gasteiger charge is 2.23. The van der Waals surface area contributed by atoms with Crippen molar-refractivity contribution in [2.75, 3.05) is 6.54 Å². The molecule has 124 valence electrons. The van der Waals surface area contributed by atoms with Crippen molar-refractivity contribution in [2.24, 2.45) is 0 Å². The molecule has 0 spiro atoms. The minimum Gasteiger partial charge on any atom is -1.00 e. The van der Waals surface area contributed by atoms with Gasteiger partial charge in [0, 0.05) is 5.56 Å². The molecular formula is C18H22ClNO3. The topological polar surface area (TPSA) is 74.1 Å². The van der Waals surface area contributed by atoms with Gasteiger partial charge in [-0.1, -0.05) is 60.7 Å². The molecule has 0 saturated carbocycles. The molecule has 0 aliphatic rings. The molecule has 0 aromatic heterocycles. The van der Waals surface area contributed by atoms with E-state index in [0.29, 0.717) is 5.56 Å². The number of ketones is 1. The van der Waals surface area contributed by atoms with Gasteiger partial charge in [0.1, 0.15) is 18.7 Å². The molecule has 0 amide bonds. The van der Waals surface area contributed by atoms with E-state index < -0.39 is 12.2 Å². The van der Waals surface area contributed by atoms with E-state index in [0.717, 1.165) is 5.56 Å². The summed E-state index contributed by atoms with van der Waals surface area (Å²) < 4.78 is 0. The molecule has 2 rings (SSSR count). The Kier molecular flexibility index (Phi) is 7.92. The van der Waals surface area contributed by atoms with E-state index >= 15 is 0 Å². The number of halogens is 1. The van der Waals surface area contributed by atoms with Gasteiger partial charge in [0.2, 0.25) is 0 Å². The summed E-state index contributed by atoms with van der Waals surface area (Å²) in [6.45, 7) is 2.09. The lowest BCUT2D eigenvalue weighted by atomic mass is 10.0. The van der Waals surface area contributed by atoms with Crippen molar-refractivity contribution in [3.63, 3.8) is 0 Å². The maximum Gasteiger partial charge on any atom is 0.197 e. The van der Waals surface area contributed by atoms with Crippen molar-refractivity contribution >= 4 is 5.78 Å². The van der Waals surface area contributed by atoms with Gasteiger partial charge in [-0.25, -0.2) is 0 Å². The Hall–Kier alpha value is -1.72. The zero-order valence-electron chi connectivity index (χ0n) is 13.0. The number of Topliss-reactive ketones (excluding diaryl/α,β-unsaturated/α-hetero) is 1. The van der Waals surface area contributed by atoms with Gasteiger partial charge < -0.3 is 27.9 Å². The number of nitrogens with two attached hydrogens (primary N) is 1. The summed E-state index contributed by atoms with van der Waals surface area (Å²) in [6.07, 6.45) is -1.71. The highest BCUT2D eigenvalue weighted by molar-refractivity contribution is 5.99. The van der Waals surface area contributed by atoms with Gasteiger partial charge in [-0.15, -0.1) is 0 Å². The number of benzene rings is 2. The first-order valence-electron chi connectivity index (χ1n) is 7.43. The van der Waals surface area contributed by atoms with E-state index in [9.17, 15) is 15.0 Å². The van der Waals surface area contributed by atoms with E-state index in [1.54, 1.807) is 29.6 Å². The summed E-state index contributed by atoms with van der Waals surface area (Å²) >= 11 is 0. The lowest BCUT2D eigenvalue weighted by molar-refractivity contribution is -0.697. The van der Waals surface area contributed by atoms with Crippen LogP contribution in [-0.2, 0) is 0 Å². The summed E-state index contributed by atoms with van der Waals surface area (Å²) in [5.74, 6) is -0.293. The Labute approximate surface area is 142 Å². The SMILES string of the molecule is CC([NH2+]CC(O)C(=O)c1ccccc1)C(O)c1ccccc1.[Cl-]. The van der Waals surface area contributed by atoms with Crippen LogP contribution in [0, 0.1) is 0 Å². The van der Waals surface area contributed by atoms with Crippen molar-refractivity contribution in [1.82, 2.24) is 0 Å². The van der Waals surface area contributed by atoms with Gasteiger partial charge in [-0.2, -0.15) is 0 Å². The van der Waals surface area contributed by atoms with Gasteiger partial charge in [0.15, 0.2) is 11.9 Å². The number of hydrogen-bond donors (Lipinski definition) is 3. The third-order valence-corrected chi connectivity index (χ3v) is 3.73. The Balaban J connectivity index is 0.00000264. The first-order chi connectivity index (χ1) is 10.6. The van der Waals surface area contributed by atoms with Crippen LogP contribution in [-0.4, -0.2) is 34.7 Å². The predicted octanol–water partition coefficient (Wildman–Crippen LogP) is -2.08. The average Bonchev–Trinajstić information content (AvgIpc) is 2.59. The minimum absolute atomic E-state index is 0. The van der Waals surface area contributed by atoms with Crippen LogP contribution < -0.4 is 17.7 Å². The van der Waals surface area contributed by atoms with Crippen LogP contribution in [0.4, 0.5) is 0 Å². The fraction of sp³-hybridized carbons (Fsp3) is 0.278. The first-order valence-corrected chi connectivity index (χ1v) is 7.43. The molecule has 0 bridgehead atoms. The molecule has 2 aromatic carbocycles. The second-order valence-corrected chi connectivity index (χ2v) is 5.43. The van der Waals surface area contributed by atoms with Crippen LogP contribution in [0.5, 0.6) is 0 Å². The lowest BCUT2D eigenvalue weighted by Crippen LogP contribution is -3.00. The molecular weight excluding hydrogens is 314 g/mol. The minimum atomic E-state index is -1.08. The van der Waals surface area contributed by atoms with E-state index in [4.69, 9.17) is 0 Å². The molecule has 3 atom stereocenters. The zero-order valence-corrected chi connectivity index (χ0v) is 13.7. The summed E-state index contributed by atoms with van der Waals surface area (Å²) in [5, 5.41) is 22.1. The van der Waals surface area contributed by atoms with E-state index in [2.05, 4.69) is 0 Å². The van der Waals surface area contributed by atoms with Crippen LogP contribution >= 0.6 is 0 Å². The highest BCUT2D eigenvalue weighted by atomic mass is 35.5. The summed E-state index contributed by atoms with van der Waals surface area (Å²) in [4.78, 5) is 12.1. The summed E-state index contributed by atoms with van der Waals surface area (Å²) in [7, 11) is 0. The third kappa shape index (κ3) is 5.44. The summed E-state index contributed by atoms with van der Waals surface area (Å²) in [5.41, 5.74) is 1.33. The molecule has 0 saturated heterocycles. The molecule has 0 heterocycles. The van der Waals surface area contributed by atoms with Crippen molar-refractivity contribution in [3.8, 4) is 0 Å². The Morgan fingerprint density at radius 1 is 1.00 bits per heavy atom. The molecule has 0 aliphatic heterocycles. The van der Waals surface area contributed by atoms with E-state index in [1.807, 2.05) is 43.3 Å². The molecule has 5 heteroatoms. The Morgan fingerprint density at radius 2 is 1.52 bits per heavy atom. The third-order valence-electron chi connectivity index (χ3n) is 3.73. The second kappa shape index (κ2) is 9.43. The molecule has 0 aliphatic carbocycles. The van der Waals surface area contributed by atoms with Crippen LogP contribution in [0.2, 0.25) is 0 Å². The quantitative estimate of drug-likeness (QED) is 0.509. The molecule has 23 heavy (non-hydrogen) atoms. The molecule has 2 aromatic rings. The molecule has 4 nitrogen and oxygen atoms in total. The maximum atomic E-state index is 12.1. The maximum absolute atomic E-state index is 12.1. The predicted molar refractivity (Wildman–Crippen MR) is 84.4 cm³/mol. The smallest absolute Gasteiger partial charge is 0.197 e. The van der Waals surface area contributed by atoms with Crippen molar-refractivity contribution < 1.29 is 32.7 Å². The Morgan fingerprint density at radius 3 is 2.09 bits per heavy atom. The number of hydrogen-bond acceptors (Lipinski definition) is 3. The van der Waals surface area contributed by atoms with Gasteiger partial charge in [0.25, 0.3) is 0 Å². The number of rotatable bonds is 7. The fourth-order valence-electron chi connectivity index (χ4n) is 2.33. The number of aliphatic hydroxyl groups is 2. The lowest BCUT2D eigenvalue weighted by Gasteiger charge is -2.19. The van der Waals surface area contributed by atoms with Crippen LogP contribution in [0.15, 0.2) is 60.7 Å². The van der Waals surface area contributed by atoms with Crippen LogP contribution in [0.1, 0.15) is 28.9 Å². The van der Waals surface area contributed by atoms with Crippen molar-refractivity contribution in [2.45, 2.75) is 25.2 Å². The van der Waals surface area contributed by atoms with Gasteiger partial charge in [-0.05, 0) is 12.5 Å². The zero-order chi connectivity index (χ0) is 15.9. The van der Waals surface area contributed by atoms with Crippen LogP contribution in [0.25, 0.3) is 0 Å². The van der Waals surface area contributed by atoms with Crippen molar-refractivity contribution in [1.29, 1.82) is 0 Å². The van der Waals surface area contributed by atoms with Gasteiger partial charge in [-0.3, -0.25) is 4.79 Å². The van der Waals surface area contributed by atoms with E-state index in [-0.39, 0.29) is 30.8 Å². The monoisotopic (exact) mass is 335 g/mol. The number of quaternary nitrogens is 1. The largest absolute Gasteiger partial charge is 1.00 e. The number of carbonyl (C=O) groups is 1.